The van der Waals surface area contributed by atoms with Gasteiger partial charge in [-0.15, -0.1) is 0 Å². The molecule has 0 aromatic heterocycles. The summed E-state index contributed by atoms with van der Waals surface area (Å²) in [4.78, 5) is 49.7. The third-order valence-corrected chi connectivity index (χ3v) is 6.07. The van der Waals surface area contributed by atoms with Gasteiger partial charge in [0, 0.05) is 0 Å². The third-order valence-electron chi connectivity index (χ3n) is 4.78. The molecule has 9 nitrogen and oxygen atoms in total. The van der Waals surface area contributed by atoms with Gasteiger partial charge in [-0.05, 0) is 55.1 Å². The summed E-state index contributed by atoms with van der Waals surface area (Å²) in [6.45, 7) is 7.20. The molecule has 0 aliphatic heterocycles. The largest absolute Gasteiger partial charge is 0.480 e. The summed E-state index contributed by atoms with van der Waals surface area (Å²) in [7, 11) is 0. The van der Waals surface area contributed by atoms with Gasteiger partial charge in [0.2, 0.25) is 17.7 Å². The van der Waals surface area contributed by atoms with Gasteiger partial charge in [0.05, 0.1) is 6.04 Å². The summed E-state index contributed by atoms with van der Waals surface area (Å²) in [5, 5.41) is 17.3. The lowest BCUT2D eigenvalue weighted by atomic mass is 10.00. The lowest BCUT2D eigenvalue weighted by Gasteiger charge is -2.26. The molecule has 0 saturated carbocycles. The second kappa shape index (κ2) is 16.2. The molecular formula is C21H40N4O5S2. The average Bonchev–Trinajstić information content (AvgIpc) is 2.71. The molecule has 0 radical (unpaired) electrons. The Kier molecular flexibility index (Phi) is 15.5. The van der Waals surface area contributed by atoms with Gasteiger partial charge < -0.3 is 26.8 Å². The van der Waals surface area contributed by atoms with Crippen molar-refractivity contribution in [2.75, 3.05) is 24.0 Å². The van der Waals surface area contributed by atoms with Gasteiger partial charge in [0.15, 0.2) is 0 Å². The Morgan fingerprint density at radius 3 is 1.78 bits per heavy atom. The molecule has 0 saturated heterocycles. The minimum Gasteiger partial charge on any atom is -0.480 e. The maximum atomic E-state index is 13.0. The van der Waals surface area contributed by atoms with E-state index in [1.165, 1.54) is 11.8 Å². The number of carbonyl (C=O) groups is 4. The second-order valence-corrected chi connectivity index (χ2v) is 10.5. The van der Waals surface area contributed by atoms with Crippen molar-refractivity contribution in [1.82, 2.24) is 16.0 Å². The van der Waals surface area contributed by atoms with Gasteiger partial charge in [-0.3, -0.25) is 14.4 Å². The van der Waals surface area contributed by atoms with Crippen LogP contribution < -0.4 is 21.7 Å². The van der Waals surface area contributed by atoms with Gasteiger partial charge >= 0.3 is 5.97 Å². The lowest BCUT2D eigenvalue weighted by Crippen LogP contribution is -2.58. The Bertz CT molecular complexity index is 619. The van der Waals surface area contributed by atoms with Crippen molar-refractivity contribution < 1.29 is 24.3 Å². The molecule has 0 aliphatic carbocycles. The van der Waals surface area contributed by atoms with E-state index in [0.717, 1.165) is 5.75 Å². The standard InChI is InChI=1S/C21H40N4O5S2/c1-12(2)11-16(20(28)25-17(13(3)4)21(29)30)24-19(27)15(8-10-32-6)23-18(26)14(22)7-9-31-5/h12-17H,7-11,22H2,1-6H3,(H,23,26)(H,24,27)(H,25,28)(H,29,30). The average molecular weight is 493 g/mol. The number of hydrogen-bond donors (Lipinski definition) is 5. The minimum absolute atomic E-state index is 0.0765. The molecule has 186 valence electrons. The Hall–Kier alpha value is -1.46. The zero-order valence-corrected chi connectivity index (χ0v) is 21.6. The fourth-order valence-electron chi connectivity index (χ4n) is 2.90. The predicted octanol–water partition coefficient (Wildman–Crippen LogP) is 1.06. The fraction of sp³-hybridized carbons (Fsp3) is 0.810. The van der Waals surface area contributed by atoms with Crippen molar-refractivity contribution in [1.29, 1.82) is 0 Å². The van der Waals surface area contributed by atoms with Gasteiger partial charge in [0.1, 0.15) is 18.1 Å². The molecule has 6 N–H and O–H groups in total. The highest BCUT2D eigenvalue weighted by atomic mass is 32.2. The summed E-state index contributed by atoms with van der Waals surface area (Å²) in [5.74, 6) is -1.46. The first-order valence-electron chi connectivity index (χ1n) is 10.8. The number of amides is 3. The smallest absolute Gasteiger partial charge is 0.326 e. The highest BCUT2D eigenvalue weighted by Crippen LogP contribution is 2.10. The summed E-state index contributed by atoms with van der Waals surface area (Å²) in [6.07, 6.45) is 5.03. The van der Waals surface area contributed by atoms with E-state index in [1.54, 1.807) is 25.6 Å². The van der Waals surface area contributed by atoms with Crippen LogP contribution in [0.2, 0.25) is 0 Å². The monoisotopic (exact) mass is 492 g/mol. The van der Waals surface area contributed by atoms with E-state index in [2.05, 4.69) is 16.0 Å². The first kappa shape index (κ1) is 30.5. The van der Waals surface area contributed by atoms with Crippen LogP contribution in [0.4, 0.5) is 0 Å². The molecule has 4 unspecified atom stereocenters. The number of rotatable bonds is 16. The van der Waals surface area contributed by atoms with Crippen molar-refractivity contribution in [3.63, 3.8) is 0 Å². The first-order chi connectivity index (χ1) is 14.9. The maximum Gasteiger partial charge on any atom is 0.326 e. The molecule has 3 amide bonds. The van der Waals surface area contributed by atoms with E-state index in [0.29, 0.717) is 25.0 Å². The molecule has 0 heterocycles. The van der Waals surface area contributed by atoms with Crippen LogP contribution in [-0.4, -0.2) is 77.0 Å². The van der Waals surface area contributed by atoms with Crippen molar-refractivity contribution >= 4 is 47.2 Å². The third kappa shape index (κ3) is 12.0. The Morgan fingerprint density at radius 1 is 0.812 bits per heavy atom. The van der Waals surface area contributed by atoms with Crippen LogP contribution in [0, 0.1) is 11.8 Å². The number of aliphatic carboxylic acids is 1. The molecule has 0 spiro atoms. The number of carbonyl (C=O) groups excluding carboxylic acids is 3. The summed E-state index contributed by atoms with van der Waals surface area (Å²) >= 11 is 3.12. The van der Waals surface area contributed by atoms with Crippen LogP contribution in [0.15, 0.2) is 0 Å². The van der Waals surface area contributed by atoms with Crippen molar-refractivity contribution in [2.45, 2.75) is 71.1 Å². The SMILES string of the molecule is CSCCC(N)C(=O)NC(CCSC)C(=O)NC(CC(C)C)C(=O)NC(C(=O)O)C(C)C. The van der Waals surface area contributed by atoms with Gasteiger partial charge in [-0.25, -0.2) is 4.79 Å². The fourth-order valence-corrected chi connectivity index (χ4v) is 3.86. The van der Waals surface area contributed by atoms with E-state index >= 15 is 0 Å². The molecule has 0 bridgehead atoms. The van der Waals surface area contributed by atoms with Crippen LogP contribution in [0.25, 0.3) is 0 Å². The summed E-state index contributed by atoms with van der Waals surface area (Å²) in [5.41, 5.74) is 5.93. The molecular weight excluding hydrogens is 452 g/mol. The van der Waals surface area contributed by atoms with Crippen LogP contribution in [-0.2, 0) is 19.2 Å². The molecule has 0 aromatic carbocycles. The number of carboxylic acid groups (broad SMARTS) is 1. The molecule has 11 heteroatoms. The molecule has 0 fully saturated rings. The molecule has 4 atom stereocenters. The predicted molar refractivity (Wildman–Crippen MR) is 132 cm³/mol. The van der Waals surface area contributed by atoms with Crippen LogP contribution in [0.3, 0.4) is 0 Å². The summed E-state index contributed by atoms with van der Waals surface area (Å²) in [6, 6.07) is -3.53. The van der Waals surface area contributed by atoms with Gasteiger partial charge in [-0.2, -0.15) is 23.5 Å². The Morgan fingerprint density at radius 2 is 1.31 bits per heavy atom. The lowest BCUT2D eigenvalue weighted by molar-refractivity contribution is -0.143. The highest BCUT2D eigenvalue weighted by Gasteiger charge is 2.31. The van der Waals surface area contributed by atoms with Crippen molar-refractivity contribution in [3.05, 3.63) is 0 Å². The second-order valence-electron chi connectivity index (χ2n) is 8.49. The maximum absolute atomic E-state index is 13.0. The number of carboxylic acids is 1. The number of nitrogens with two attached hydrogens (primary N) is 1. The van der Waals surface area contributed by atoms with Gasteiger partial charge in [-0.1, -0.05) is 27.7 Å². The van der Waals surface area contributed by atoms with E-state index in [-0.39, 0.29) is 11.8 Å². The zero-order chi connectivity index (χ0) is 24.8. The molecule has 0 aromatic rings. The van der Waals surface area contributed by atoms with Crippen LogP contribution in [0.5, 0.6) is 0 Å². The van der Waals surface area contributed by atoms with Crippen LogP contribution >= 0.6 is 23.5 Å². The van der Waals surface area contributed by atoms with Crippen molar-refractivity contribution in [3.8, 4) is 0 Å². The number of hydrogen-bond acceptors (Lipinski definition) is 7. The molecule has 32 heavy (non-hydrogen) atoms. The normalized spacial score (nSPS) is 15.0. The summed E-state index contributed by atoms with van der Waals surface area (Å²) < 4.78 is 0. The molecule has 0 rings (SSSR count). The van der Waals surface area contributed by atoms with Crippen LogP contribution in [0.1, 0.15) is 47.0 Å². The Labute approximate surface area is 200 Å². The number of nitrogens with one attached hydrogen (secondary N) is 3. The minimum atomic E-state index is -1.13. The zero-order valence-electron chi connectivity index (χ0n) is 20.0. The topological polar surface area (TPSA) is 151 Å². The van der Waals surface area contributed by atoms with E-state index in [1.807, 2.05) is 26.4 Å². The first-order valence-corrected chi connectivity index (χ1v) is 13.6. The van der Waals surface area contributed by atoms with E-state index < -0.39 is 47.9 Å². The van der Waals surface area contributed by atoms with E-state index in [9.17, 15) is 24.3 Å². The quantitative estimate of drug-likeness (QED) is 0.215. The van der Waals surface area contributed by atoms with Crippen molar-refractivity contribution in [2.24, 2.45) is 17.6 Å². The van der Waals surface area contributed by atoms with E-state index in [4.69, 9.17) is 5.73 Å². The van der Waals surface area contributed by atoms with Gasteiger partial charge in [0.25, 0.3) is 0 Å². The highest BCUT2D eigenvalue weighted by molar-refractivity contribution is 7.98. The Balaban J connectivity index is 5.40. The molecule has 0 aliphatic rings. The number of thioether (sulfide) groups is 2.